The summed E-state index contributed by atoms with van der Waals surface area (Å²) in [5, 5.41) is 5.30. The second kappa shape index (κ2) is 10.8. The number of thiazole rings is 1. The van der Waals surface area contributed by atoms with Crippen LogP contribution in [0.2, 0.25) is 0 Å². The van der Waals surface area contributed by atoms with E-state index in [1.165, 1.54) is 11.8 Å². The van der Waals surface area contributed by atoms with Crippen LogP contribution in [0.4, 0.5) is 14.5 Å². The van der Waals surface area contributed by atoms with E-state index in [4.69, 9.17) is 16.5 Å². The fraction of sp³-hybridized carbons (Fsp3) is 0.259. The molecule has 0 bridgehead atoms. The van der Waals surface area contributed by atoms with Crippen LogP contribution < -0.4 is 22.1 Å². The van der Waals surface area contributed by atoms with E-state index in [0.717, 1.165) is 59.4 Å². The lowest BCUT2D eigenvalue weighted by molar-refractivity contribution is -0.125. The lowest BCUT2D eigenvalue weighted by atomic mass is 9.98. The summed E-state index contributed by atoms with van der Waals surface area (Å²) in [6.07, 6.45) is 4.60. The maximum absolute atomic E-state index is 13.4. The number of fused-ring (bicyclic) bond motifs is 3. The van der Waals surface area contributed by atoms with E-state index in [2.05, 4.69) is 20.0 Å². The Morgan fingerprint density at radius 2 is 1.90 bits per heavy atom. The first-order valence-electron chi connectivity index (χ1n) is 12.4. The summed E-state index contributed by atoms with van der Waals surface area (Å²) < 4.78 is 28.8. The minimum Gasteiger partial charge on any atom is -0.370 e. The maximum atomic E-state index is 13.4. The number of halogens is 2. The van der Waals surface area contributed by atoms with E-state index in [1.54, 1.807) is 23.5 Å². The second-order valence-electron chi connectivity index (χ2n) is 9.46. The molecule has 9 nitrogen and oxygen atoms in total. The van der Waals surface area contributed by atoms with Crippen LogP contribution in [0.5, 0.6) is 0 Å². The van der Waals surface area contributed by atoms with Gasteiger partial charge in [-0.15, -0.1) is 11.3 Å². The van der Waals surface area contributed by atoms with Gasteiger partial charge in [-0.3, -0.25) is 14.0 Å². The van der Waals surface area contributed by atoms with Crippen LogP contribution in [0.1, 0.15) is 41.9 Å². The number of amides is 2. The fourth-order valence-corrected chi connectivity index (χ4v) is 5.90. The second-order valence-corrected chi connectivity index (χ2v) is 10.5. The van der Waals surface area contributed by atoms with Gasteiger partial charge in [0, 0.05) is 28.4 Å². The van der Waals surface area contributed by atoms with Crippen molar-refractivity contribution in [1.29, 1.82) is 0 Å². The van der Waals surface area contributed by atoms with Crippen molar-refractivity contribution in [2.24, 2.45) is 16.5 Å². The van der Waals surface area contributed by atoms with E-state index < -0.39 is 29.5 Å². The van der Waals surface area contributed by atoms with Crippen molar-refractivity contribution in [2.45, 2.75) is 44.7 Å². The van der Waals surface area contributed by atoms with Gasteiger partial charge in [0.25, 0.3) is 0 Å². The van der Waals surface area contributed by atoms with E-state index in [0.29, 0.717) is 5.69 Å². The van der Waals surface area contributed by atoms with E-state index in [9.17, 15) is 18.4 Å². The average molecular weight is 552 g/mol. The standard InChI is InChI=1S/C27H27F2N7O2S/c1-14(32-23(37)11-15-9-17(28)12-18(29)10-15)25(38)33-19-7-5-16(6-8-19)21-13-36-24-20(34-26(30)31)3-2-4-22(24)39-27(36)35-21/h5-10,12-14,20H,2-4,11H2,1H3,(H,32,37)(H,33,38)(H4,30,31,34)/t14-,20?/m0/s1. The number of carbonyl (C=O) groups excluding carboxylic acids is 2. The van der Waals surface area contributed by atoms with E-state index in [-0.39, 0.29) is 24.0 Å². The number of guanidine groups is 1. The van der Waals surface area contributed by atoms with Crippen LogP contribution in [-0.2, 0) is 22.4 Å². The molecular weight excluding hydrogens is 524 g/mol. The van der Waals surface area contributed by atoms with Gasteiger partial charge in [-0.2, -0.15) is 0 Å². The normalized spacial score (nSPS) is 15.4. The summed E-state index contributed by atoms with van der Waals surface area (Å²) in [4.78, 5) is 36.2. The average Bonchev–Trinajstić information content (AvgIpc) is 3.42. The number of nitrogens with one attached hydrogen (secondary N) is 2. The van der Waals surface area contributed by atoms with Crippen LogP contribution in [-0.4, -0.2) is 33.2 Å². The van der Waals surface area contributed by atoms with Crippen LogP contribution in [0, 0.1) is 11.6 Å². The van der Waals surface area contributed by atoms with Gasteiger partial charge in [0.2, 0.25) is 11.8 Å². The summed E-state index contributed by atoms with van der Waals surface area (Å²) in [5.74, 6) is -2.42. The number of hydrogen-bond donors (Lipinski definition) is 4. The number of aryl methyl sites for hydroxylation is 1. The number of benzene rings is 2. The van der Waals surface area contributed by atoms with Crippen LogP contribution >= 0.6 is 11.3 Å². The molecule has 0 saturated carbocycles. The van der Waals surface area contributed by atoms with Gasteiger partial charge in [0.15, 0.2) is 10.9 Å². The number of anilines is 1. The molecule has 4 aromatic rings. The van der Waals surface area contributed by atoms with Crippen molar-refractivity contribution < 1.29 is 18.4 Å². The highest BCUT2D eigenvalue weighted by atomic mass is 32.1. The molecule has 0 fully saturated rings. The van der Waals surface area contributed by atoms with Gasteiger partial charge in [0.1, 0.15) is 17.7 Å². The van der Waals surface area contributed by atoms with Crippen molar-refractivity contribution in [3.8, 4) is 11.3 Å². The summed E-state index contributed by atoms with van der Waals surface area (Å²) in [5.41, 5.74) is 14.8. The Labute approximate surface area is 226 Å². The van der Waals surface area contributed by atoms with Crippen molar-refractivity contribution >= 4 is 39.8 Å². The molecule has 2 heterocycles. The minimum absolute atomic E-state index is 0.0704. The molecule has 6 N–H and O–H groups in total. The molecule has 0 spiro atoms. The number of hydrogen-bond acceptors (Lipinski definition) is 5. The summed E-state index contributed by atoms with van der Waals surface area (Å²) in [6, 6.07) is 9.14. The van der Waals surface area contributed by atoms with E-state index >= 15 is 0 Å². The number of nitrogens with two attached hydrogens (primary N) is 2. The molecule has 0 aliphatic heterocycles. The Kier molecular flexibility index (Phi) is 7.29. The molecule has 2 aromatic heterocycles. The predicted molar refractivity (Wildman–Crippen MR) is 146 cm³/mol. The third-order valence-corrected chi connectivity index (χ3v) is 7.57. The predicted octanol–water partition coefficient (Wildman–Crippen LogP) is 3.68. The molecule has 5 rings (SSSR count). The first kappa shape index (κ1) is 26.3. The first-order valence-corrected chi connectivity index (χ1v) is 13.2. The molecule has 2 amide bonds. The Balaban J connectivity index is 1.23. The number of carbonyl (C=O) groups is 2. The molecule has 0 saturated heterocycles. The summed E-state index contributed by atoms with van der Waals surface area (Å²) >= 11 is 1.64. The van der Waals surface area contributed by atoms with Gasteiger partial charge in [-0.1, -0.05) is 12.1 Å². The molecule has 39 heavy (non-hydrogen) atoms. The Morgan fingerprint density at radius 3 is 2.59 bits per heavy atom. The zero-order valence-corrected chi connectivity index (χ0v) is 21.9. The number of aromatic nitrogens is 2. The number of imidazole rings is 1. The zero-order valence-electron chi connectivity index (χ0n) is 21.1. The smallest absolute Gasteiger partial charge is 0.246 e. The van der Waals surface area contributed by atoms with Crippen molar-refractivity contribution in [1.82, 2.24) is 14.7 Å². The van der Waals surface area contributed by atoms with Gasteiger partial charge in [-0.25, -0.2) is 18.8 Å². The third kappa shape index (κ3) is 5.90. The lowest BCUT2D eigenvalue weighted by Gasteiger charge is -2.19. The number of rotatable bonds is 7. The molecule has 202 valence electrons. The van der Waals surface area contributed by atoms with Crippen LogP contribution in [0.25, 0.3) is 16.2 Å². The van der Waals surface area contributed by atoms with Gasteiger partial charge < -0.3 is 22.1 Å². The summed E-state index contributed by atoms with van der Waals surface area (Å²) in [7, 11) is 0. The highest BCUT2D eigenvalue weighted by molar-refractivity contribution is 7.17. The van der Waals surface area contributed by atoms with Gasteiger partial charge >= 0.3 is 0 Å². The molecule has 1 aliphatic carbocycles. The van der Waals surface area contributed by atoms with Gasteiger partial charge in [0.05, 0.1) is 23.9 Å². The zero-order chi connectivity index (χ0) is 27.7. The SMILES string of the molecule is C[C@H](NC(=O)Cc1cc(F)cc(F)c1)C(=O)Nc1ccc(-c2cn3c4c(sc3n2)CCCC4N=C(N)N)cc1. The third-order valence-electron chi connectivity index (χ3n) is 6.44. The number of aliphatic imine (C=N–C) groups is 1. The molecule has 2 atom stereocenters. The number of nitrogens with zero attached hydrogens (tertiary/aromatic N) is 3. The first-order chi connectivity index (χ1) is 18.7. The molecule has 1 unspecified atom stereocenters. The quantitative estimate of drug-likeness (QED) is 0.205. The largest absolute Gasteiger partial charge is 0.370 e. The van der Waals surface area contributed by atoms with Crippen molar-refractivity contribution in [2.75, 3.05) is 5.32 Å². The molecule has 1 aliphatic rings. The lowest BCUT2D eigenvalue weighted by Crippen LogP contribution is -2.42. The highest BCUT2D eigenvalue weighted by Gasteiger charge is 2.26. The Morgan fingerprint density at radius 1 is 1.18 bits per heavy atom. The fourth-order valence-electron chi connectivity index (χ4n) is 4.70. The Bertz CT molecular complexity index is 1550. The molecule has 12 heteroatoms. The minimum atomic E-state index is -0.861. The molecule has 0 radical (unpaired) electrons. The van der Waals surface area contributed by atoms with Crippen LogP contribution in [0.15, 0.2) is 53.7 Å². The van der Waals surface area contributed by atoms with Gasteiger partial charge in [-0.05, 0) is 56.0 Å². The topological polar surface area (TPSA) is 140 Å². The van der Waals surface area contributed by atoms with Crippen molar-refractivity contribution in [3.63, 3.8) is 0 Å². The highest BCUT2D eigenvalue weighted by Crippen LogP contribution is 2.39. The van der Waals surface area contributed by atoms with Crippen LogP contribution in [0.3, 0.4) is 0 Å². The molecule has 2 aromatic carbocycles. The van der Waals surface area contributed by atoms with E-state index in [1.807, 2.05) is 18.3 Å². The van der Waals surface area contributed by atoms with Crippen molar-refractivity contribution in [3.05, 3.63) is 76.4 Å². The monoisotopic (exact) mass is 551 g/mol. The molecular formula is C27H27F2N7O2S. The summed E-state index contributed by atoms with van der Waals surface area (Å²) in [6.45, 7) is 1.53. The Hall–Kier alpha value is -4.32. The maximum Gasteiger partial charge on any atom is 0.246 e.